The van der Waals surface area contributed by atoms with E-state index in [9.17, 15) is 9.90 Å². The Balaban J connectivity index is 1.80. The van der Waals surface area contributed by atoms with Gasteiger partial charge in [-0.1, -0.05) is 28.1 Å². The molecule has 0 bridgehead atoms. The Bertz CT molecular complexity index is 413. The molecule has 5 heteroatoms. The number of nitrogens with one attached hydrogen (secondary N) is 1. The van der Waals surface area contributed by atoms with Crippen LogP contribution in [0.2, 0.25) is 0 Å². The maximum absolute atomic E-state index is 11.7. The smallest absolute Gasteiger partial charge is 0.224 e. The summed E-state index contributed by atoms with van der Waals surface area (Å²) < 4.78 is 6.11. The third kappa shape index (κ3) is 3.80. The molecule has 1 aliphatic rings. The van der Waals surface area contributed by atoms with Gasteiger partial charge in [-0.25, -0.2) is 0 Å². The van der Waals surface area contributed by atoms with Gasteiger partial charge in [0.2, 0.25) is 5.91 Å². The standard InChI is InChI=1S/C13H16BrNO3/c14-11-3-1-10(2-4-11)7-12(16)15-8-13(17)5-6-18-9-13/h1-4,17H,5-9H2,(H,15,16). The number of ether oxygens (including phenoxy) is 1. The van der Waals surface area contributed by atoms with Gasteiger partial charge in [-0.15, -0.1) is 0 Å². The van der Waals surface area contributed by atoms with Crippen molar-refractivity contribution >= 4 is 21.8 Å². The van der Waals surface area contributed by atoms with E-state index in [-0.39, 0.29) is 12.5 Å². The van der Waals surface area contributed by atoms with E-state index in [0.29, 0.717) is 26.1 Å². The van der Waals surface area contributed by atoms with Crippen molar-refractivity contribution in [2.75, 3.05) is 19.8 Å². The molecule has 0 aliphatic carbocycles. The number of rotatable bonds is 4. The van der Waals surface area contributed by atoms with Crippen molar-refractivity contribution in [2.45, 2.75) is 18.4 Å². The highest BCUT2D eigenvalue weighted by molar-refractivity contribution is 9.10. The molecule has 1 heterocycles. The van der Waals surface area contributed by atoms with Gasteiger partial charge in [0.05, 0.1) is 13.0 Å². The van der Waals surface area contributed by atoms with Crippen LogP contribution in [0.5, 0.6) is 0 Å². The van der Waals surface area contributed by atoms with Gasteiger partial charge in [-0.05, 0) is 17.7 Å². The molecule has 98 valence electrons. The van der Waals surface area contributed by atoms with E-state index < -0.39 is 5.60 Å². The molecule has 0 saturated carbocycles. The molecule has 4 nitrogen and oxygen atoms in total. The number of halogens is 1. The van der Waals surface area contributed by atoms with Crippen LogP contribution in [0.15, 0.2) is 28.7 Å². The second kappa shape index (κ2) is 5.82. The number of carbonyl (C=O) groups excluding carboxylic acids is 1. The molecule has 18 heavy (non-hydrogen) atoms. The molecule has 1 saturated heterocycles. The SMILES string of the molecule is O=C(Cc1ccc(Br)cc1)NCC1(O)CCOC1. The summed E-state index contributed by atoms with van der Waals surface area (Å²) in [5.74, 6) is -0.0855. The van der Waals surface area contributed by atoms with Crippen LogP contribution >= 0.6 is 15.9 Å². The van der Waals surface area contributed by atoms with E-state index in [4.69, 9.17) is 4.74 Å². The lowest BCUT2D eigenvalue weighted by atomic mass is 10.0. The molecule has 1 unspecified atom stereocenters. The second-order valence-corrected chi connectivity index (χ2v) is 5.52. The topological polar surface area (TPSA) is 58.6 Å². The van der Waals surface area contributed by atoms with Gasteiger partial charge in [0, 0.05) is 24.0 Å². The van der Waals surface area contributed by atoms with Gasteiger partial charge in [0.25, 0.3) is 0 Å². The second-order valence-electron chi connectivity index (χ2n) is 4.61. The van der Waals surface area contributed by atoms with Gasteiger partial charge >= 0.3 is 0 Å². The first-order chi connectivity index (χ1) is 8.57. The van der Waals surface area contributed by atoms with E-state index >= 15 is 0 Å². The zero-order valence-electron chi connectivity index (χ0n) is 9.99. The molecular formula is C13H16BrNO3. The molecule has 2 rings (SSSR count). The largest absolute Gasteiger partial charge is 0.386 e. The lowest BCUT2D eigenvalue weighted by Gasteiger charge is -2.20. The lowest BCUT2D eigenvalue weighted by molar-refractivity contribution is -0.121. The van der Waals surface area contributed by atoms with Crippen molar-refractivity contribution in [1.29, 1.82) is 0 Å². The number of aliphatic hydroxyl groups is 1. The molecule has 1 fully saturated rings. The van der Waals surface area contributed by atoms with Crippen LogP contribution in [0.25, 0.3) is 0 Å². The van der Waals surface area contributed by atoms with Crippen molar-refractivity contribution in [3.05, 3.63) is 34.3 Å². The van der Waals surface area contributed by atoms with Crippen molar-refractivity contribution in [3.63, 3.8) is 0 Å². The minimum atomic E-state index is -0.893. The van der Waals surface area contributed by atoms with E-state index in [1.165, 1.54) is 0 Å². The van der Waals surface area contributed by atoms with Gasteiger partial charge in [0.1, 0.15) is 5.60 Å². The van der Waals surface area contributed by atoms with Gasteiger partial charge in [-0.2, -0.15) is 0 Å². The number of hydrogen-bond donors (Lipinski definition) is 2. The van der Waals surface area contributed by atoms with Crippen LogP contribution < -0.4 is 5.32 Å². The molecular weight excluding hydrogens is 298 g/mol. The first kappa shape index (κ1) is 13.5. The predicted octanol–water partition coefficient (Wildman–Crippen LogP) is 1.26. The van der Waals surface area contributed by atoms with Crippen molar-refractivity contribution < 1.29 is 14.6 Å². The maximum Gasteiger partial charge on any atom is 0.224 e. The number of benzene rings is 1. The normalized spacial score (nSPS) is 23.0. The fraction of sp³-hybridized carbons (Fsp3) is 0.462. The quantitative estimate of drug-likeness (QED) is 0.880. The first-order valence-corrected chi connectivity index (χ1v) is 6.68. The molecule has 0 aromatic heterocycles. The minimum Gasteiger partial charge on any atom is -0.386 e. The van der Waals surface area contributed by atoms with Crippen LogP contribution in [0.4, 0.5) is 0 Å². The zero-order chi connectivity index (χ0) is 13.0. The van der Waals surface area contributed by atoms with Gasteiger partial charge < -0.3 is 15.2 Å². The first-order valence-electron chi connectivity index (χ1n) is 5.89. The number of carbonyl (C=O) groups is 1. The number of amides is 1. The Kier molecular flexibility index (Phi) is 4.37. The molecule has 1 amide bonds. The molecule has 0 radical (unpaired) electrons. The summed E-state index contributed by atoms with van der Waals surface area (Å²) in [5, 5.41) is 12.7. The highest BCUT2D eigenvalue weighted by Gasteiger charge is 2.32. The average molecular weight is 314 g/mol. The summed E-state index contributed by atoms with van der Waals surface area (Å²) in [6.07, 6.45) is 0.899. The molecule has 1 aromatic carbocycles. The van der Waals surface area contributed by atoms with Crippen LogP contribution in [0.1, 0.15) is 12.0 Å². The highest BCUT2D eigenvalue weighted by atomic mass is 79.9. The third-order valence-electron chi connectivity index (χ3n) is 2.98. The van der Waals surface area contributed by atoms with E-state index in [0.717, 1.165) is 10.0 Å². The molecule has 2 N–H and O–H groups in total. The average Bonchev–Trinajstić information content (AvgIpc) is 2.78. The lowest BCUT2D eigenvalue weighted by Crippen LogP contribution is -2.43. The Hall–Kier alpha value is -0.910. The maximum atomic E-state index is 11.7. The monoisotopic (exact) mass is 313 g/mol. The molecule has 1 atom stereocenters. The van der Waals surface area contributed by atoms with Gasteiger partial charge in [0.15, 0.2) is 0 Å². The van der Waals surface area contributed by atoms with Crippen molar-refractivity contribution in [1.82, 2.24) is 5.32 Å². The molecule has 1 aliphatic heterocycles. The van der Waals surface area contributed by atoms with Crippen molar-refractivity contribution in [3.8, 4) is 0 Å². The fourth-order valence-electron chi connectivity index (χ4n) is 1.85. The molecule has 1 aromatic rings. The summed E-state index contributed by atoms with van der Waals surface area (Å²) in [7, 11) is 0. The summed E-state index contributed by atoms with van der Waals surface area (Å²) in [5.41, 5.74) is 0.0559. The van der Waals surface area contributed by atoms with Crippen LogP contribution in [-0.4, -0.2) is 36.4 Å². The summed E-state index contributed by atoms with van der Waals surface area (Å²) in [4.78, 5) is 11.7. The van der Waals surface area contributed by atoms with E-state index in [1.54, 1.807) is 0 Å². The summed E-state index contributed by atoms with van der Waals surface area (Å²) in [6, 6.07) is 7.61. The Labute approximate surface area is 114 Å². The Morgan fingerprint density at radius 1 is 1.44 bits per heavy atom. The van der Waals surface area contributed by atoms with Crippen LogP contribution in [0.3, 0.4) is 0 Å². The summed E-state index contributed by atoms with van der Waals surface area (Å²) in [6.45, 7) is 1.10. The fourth-order valence-corrected chi connectivity index (χ4v) is 2.11. The summed E-state index contributed by atoms with van der Waals surface area (Å²) >= 11 is 3.35. The number of hydrogen-bond acceptors (Lipinski definition) is 3. The molecule has 0 spiro atoms. The highest BCUT2D eigenvalue weighted by Crippen LogP contribution is 2.17. The third-order valence-corrected chi connectivity index (χ3v) is 3.50. The predicted molar refractivity (Wildman–Crippen MR) is 71.2 cm³/mol. The van der Waals surface area contributed by atoms with Crippen LogP contribution in [-0.2, 0) is 16.0 Å². The van der Waals surface area contributed by atoms with Crippen LogP contribution in [0, 0.1) is 0 Å². The Morgan fingerprint density at radius 2 is 2.17 bits per heavy atom. The minimum absolute atomic E-state index is 0.0855. The van der Waals surface area contributed by atoms with Crippen molar-refractivity contribution in [2.24, 2.45) is 0 Å². The zero-order valence-corrected chi connectivity index (χ0v) is 11.6. The van der Waals surface area contributed by atoms with E-state index in [1.807, 2.05) is 24.3 Å². The van der Waals surface area contributed by atoms with E-state index in [2.05, 4.69) is 21.2 Å². The van der Waals surface area contributed by atoms with Gasteiger partial charge in [-0.3, -0.25) is 4.79 Å². The Morgan fingerprint density at radius 3 is 2.78 bits per heavy atom.